The average Bonchev–Trinajstić information content (AvgIpc) is 3.53. The SMILES string of the molecule is COc1nn(C2CCN(C)C2)cc1Nc1nc(N2CCC(F)C2)nc2c1ncn2C(C)C. The molecule has 32 heavy (non-hydrogen) atoms. The summed E-state index contributed by atoms with van der Waals surface area (Å²) >= 11 is 0. The zero-order valence-electron chi connectivity index (χ0n) is 19.0. The first-order valence-electron chi connectivity index (χ1n) is 11.1. The highest BCUT2D eigenvalue weighted by Gasteiger charge is 2.27. The van der Waals surface area contributed by atoms with Gasteiger partial charge in [0, 0.05) is 19.1 Å². The van der Waals surface area contributed by atoms with Crippen molar-refractivity contribution in [2.75, 3.05) is 50.6 Å². The van der Waals surface area contributed by atoms with Crippen LogP contribution in [0.15, 0.2) is 12.5 Å². The van der Waals surface area contributed by atoms with Crippen molar-refractivity contribution in [2.24, 2.45) is 0 Å². The lowest BCUT2D eigenvalue weighted by molar-refractivity contribution is 0.362. The van der Waals surface area contributed by atoms with Gasteiger partial charge in [-0.2, -0.15) is 9.97 Å². The summed E-state index contributed by atoms with van der Waals surface area (Å²) in [7, 11) is 3.73. The third-order valence-corrected chi connectivity index (χ3v) is 6.26. The van der Waals surface area contributed by atoms with Gasteiger partial charge in [-0.25, -0.2) is 9.37 Å². The van der Waals surface area contributed by atoms with E-state index in [-0.39, 0.29) is 6.04 Å². The number of alkyl halides is 1. The first-order valence-corrected chi connectivity index (χ1v) is 11.1. The second-order valence-corrected chi connectivity index (χ2v) is 8.98. The summed E-state index contributed by atoms with van der Waals surface area (Å²) in [6, 6.07) is 0.483. The molecule has 2 atom stereocenters. The van der Waals surface area contributed by atoms with Crippen molar-refractivity contribution in [1.82, 2.24) is 34.2 Å². The van der Waals surface area contributed by atoms with Crippen molar-refractivity contribution < 1.29 is 9.13 Å². The van der Waals surface area contributed by atoms with Crippen LogP contribution in [-0.4, -0.2) is 80.7 Å². The number of likely N-dealkylation sites (tertiary alicyclic amines) is 1. The second-order valence-electron chi connectivity index (χ2n) is 8.98. The Bertz CT molecular complexity index is 1110. The molecule has 2 aliphatic heterocycles. The van der Waals surface area contributed by atoms with Crippen LogP contribution < -0.4 is 15.0 Å². The van der Waals surface area contributed by atoms with Crippen LogP contribution in [0.4, 0.5) is 21.8 Å². The zero-order valence-corrected chi connectivity index (χ0v) is 19.0. The van der Waals surface area contributed by atoms with E-state index in [1.54, 1.807) is 13.4 Å². The van der Waals surface area contributed by atoms with Crippen LogP contribution in [0.2, 0.25) is 0 Å². The van der Waals surface area contributed by atoms with Crippen LogP contribution in [0.3, 0.4) is 0 Å². The number of likely N-dealkylation sites (N-methyl/N-ethyl adjacent to an activating group) is 1. The highest BCUT2D eigenvalue weighted by Crippen LogP contribution is 2.33. The van der Waals surface area contributed by atoms with Crippen LogP contribution in [0, 0.1) is 0 Å². The normalized spacial score (nSPS) is 21.9. The molecule has 0 amide bonds. The van der Waals surface area contributed by atoms with Crippen LogP contribution in [0.1, 0.15) is 38.8 Å². The van der Waals surface area contributed by atoms with E-state index in [0.717, 1.165) is 30.8 Å². The van der Waals surface area contributed by atoms with Crippen LogP contribution in [0.5, 0.6) is 5.88 Å². The van der Waals surface area contributed by atoms with E-state index >= 15 is 0 Å². The maximum absolute atomic E-state index is 13.9. The molecule has 2 saturated heterocycles. The highest BCUT2D eigenvalue weighted by atomic mass is 19.1. The largest absolute Gasteiger partial charge is 0.478 e. The van der Waals surface area contributed by atoms with E-state index in [4.69, 9.17) is 14.7 Å². The molecule has 3 aromatic heterocycles. The molecule has 2 fully saturated rings. The van der Waals surface area contributed by atoms with Gasteiger partial charge in [-0.15, -0.1) is 5.10 Å². The first kappa shape index (κ1) is 20.9. The van der Waals surface area contributed by atoms with Crippen LogP contribution >= 0.6 is 0 Å². The summed E-state index contributed by atoms with van der Waals surface area (Å²) in [6.07, 6.45) is 4.41. The van der Waals surface area contributed by atoms with E-state index < -0.39 is 6.17 Å². The summed E-state index contributed by atoms with van der Waals surface area (Å²) < 4.78 is 23.4. The standard InChI is InChI=1S/C21H30FN9O/c1-13(2)30-12-23-17-18(25-21(26-19(17)30)29-8-5-14(22)9-29)24-16-11-31(27-20(16)32-4)15-6-7-28(3)10-15/h11-15H,5-10H2,1-4H3,(H,24,25,26). The van der Waals surface area contributed by atoms with Gasteiger partial charge in [0.15, 0.2) is 17.0 Å². The Labute approximate surface area is 186 Å². The number of ether oxygens (including phenoxy) is 1. The molecule has 2 unspecified atom stereocenters. The predicted molar refractivity (Wildman–Crippen MR) is 121 cm³/mol. The Hall–Kier alpha value is -2.95. The van der Waals surface area contributed by atoms with Crippen molar-refractivity contribution in [1.29, 1.82) is 0 Å². The van der Waals surface area contributed by atoms with E-state index in [0.29, 0.717) is 48.7 Å². The zero-order chi connectivity index (χ0) is 22.4. The number of fused-ring (bicyclic) bond motifs is 1. The average molecular weight is 444 g/mol. The van der Waals surface area contributed by atoms with Gasteiger partial charge in [-0.1, -0.05) is 0 Å². The molecule has 1 N–H and O–H groups in total. The smallest absolute Gasteiger partial charge is 0.256 e. The van der Waals surface area contributed by atoms with Gasteiger partial charge in [0.2, 0.25) is 5.95 Å². The van der Waals surface area contributed by atoms with E-state index in [1.165, 1.54) is 0 Å². The number of hydrogen-bond acceptors (Lipinski definition) is 8. The third-order valence-electron chi connectivity index (χ3n) is 6.26. The van der Waals surface area contributed by atoms with E-state index in [9.17, 15) is 4.39 Å². The van der Waals surface area contributed by atoms with Crippen molar-refractivity contribution in [2.45, 2.75) is 44.9 Å². The fourth-order valence-corrected chi connectivity index (χ4v) is 4.46. The first-order chi connectivity index (χ1) is 15.4. The predicted octanol–water partition coefficient (Wildman–Crippen LogP) is 2.78. The number of anilines is 3. The molecular weight excluding hydrogens is 413 g/mol. The van der Waals surface area contributed by atoms with Gasteiger partial charge in [0.1, 0.15) is 11.9 Å². The molecule has 10 nitrogen and oxygen atoms in total. The molecule has 11 heteroatoms. The lowest BCUT2D eigenvalue weighted by Gasteiger charge is -2.17. The summed E-state index contributed by atoms with van der Waals surface area (Å²) in [6.45, 7) is 7.05. The Balaban J connectivity index is 1.54. The van der Waals surface area contributed by atoms with Gasteiger partial charge in [-0.3, -0.25) is 4.68 Å². The number of rotatable bonds is 6. The highest BCUT2D eigenvalue weighted by molar-refractivity contribution is 5.87. The molecule has 0 aromatic carbocycles. The molecular formula is C21H30FN9O. The lowest BCUT2D eigenvalue weighted by Crippen LogP contribution is -2.23. The fraction of sp³-hybridized carbons (Fsp3) is 0.619. The summed E-state index contributed by atoms with van der Waals surface area (Å²) in [5, 5.41) is 8.02. The van der Waals surface area contributed by atoms with Crippen LogP contribution in [-0.2, 0) is 0 Å². The van der Waals surface area contributed by atoms with Gasteiger partial charge < -0.3 is 24.4 Å². The minimum Gasteiger partial charge on any atom is -0.478 e. The fourth-order valence-electron chi connectivity index (χ4n) is 4.46. The molecule has 0 radical (unpaired) electrons. The van der Waals surface area contributed by atoms with E-state index in [1.807, 2.05) is 20.3 Å². The molecule has 0 spiro atoms. The Kier molecular flexibility index (Phi) is 5.36. The monoisotopic (exact) mass is 443 g/mol. The van der Waals surface area contributed by atoms with Crippen molar-refractivity contribution in [3.63, 3.8) is 0 Å². The van der Waals surface area contributed by atoms with Crippen molar-refractivity contribution in [3.05, 3.63) is 12.5 Å². The second kappa shape index (κ2) is 8.19. The molecule has 0 aliphatic carbocycles. The topological polar surface area (TPSA) is 89.2 Å². The maximum atomic E-state index is 13.9. The van der Waals surface area contributed by atoms with Gasteiger partial charge >= 0.3 is 0 Å². The number of aromatic nitrogens is 6. The van der Waals surface area contributed by atoms with Gasteiger partial charge in [0.25, 0.3) is 5.88 Å². The number of nitrogens with one attached hydrogen (secondary N) is 1. The molecule has 5 heterocycles. The number of methoxy groups -OCH3 is 1. The molecule has 3 aromatic rings. The van der Waals surface area contributed by atoms with E-state index in [2.05, 4.69) is 41.2 Å². The maximum Gasteiger partial charge on any atom is 0.256 e. The summed E-state index contributed by atoms with van der Waals surface area (Å²) in [5.41, 5.74) is 2.10. The van der Waals surface area contributed by atoms with Crippen LogP contribution in [0.25, 0.3) is 11.2 Å². The van der Waals surface area contributed by atoms with Crippen molar-refractivity contribution >= 4 is 28.6 Å². The number of hydrogen-bond donors (Lipinski definition) is 1. The minimum absolute atomic E-state index is 0.180. The van der Waals surface area contributed by atoms with Gasteiger partial charge in [-0.05, 0) is 40.3 Å². The lowest BCUT2D eigenvalue weighted by atomic mass is 10.3. The third kappa shape index (κ3) is 3.74. The Morgan fingerprint density at radius 1 is 1.19 bits per heavy atom. The van der Waals surface area contributed by atoms with Gasteiger partial charge in [0.05, 0.1) is 32.2 Å². The number of nitrogens with zero attached hydrogens (tertiary/aromatic N) is 8. The molecule has 0 bridgehead atoms. The molecule has 172 valence electrons. The number of imidazole rings is 1. The van der Waals surface area contributed by atoms with Crippen molar-refractivity contribution in [3.8, 4) is 5.88 Å². The Morgan fingerprint density at radius 2 is 2.03 bits per heavy atom. The molecule has 0 saturated carbocycles. The number of halogens is 1. The summed E-state index contributed by atoms with van der Waals surface area (Å²) in [5.74, 6) is 1.57. The Morgan fingerprint density at radius 3 is 2.69 bits per heavy atom. The molecule has 2 aliphatic rings. The summed E-state index contributed by atoms with van der Waals surface area (Å²) in [4.78, 5) is 18.2. The molecule has 5 rings (SSSR count). The quantitative estimate of drug-likeness (QED) is 0.622. The minimum atomic E-state index is -0.858.